The normalized spacial score (nSPS) is 11.6. The van der Waals surface area contributed by atoms with Crippen LogP contribution in [-0.2, 0) is 16.6 Å². The number of anilines is 1. The molecule has 0 saturated heterocycles. The van der Waals surface area contributed by atoms with Gasteiger partial charge in [-0.05, 0) is 67.9 Å². The van der Waals surface area contributed by atoms with E-state index in [0.717, 1.165) is 5.56 Å². The summed E-state index contributed by atoms with van der Waals surface area (Å²) in [6, 6.07) is 21.9. The van der Waals surface area contributed by atoms with Crippen molar-refractivity contribution in [1.29, 1.82) is 0 Å². The van der Waals surface area contributed by atoms with Crippen LogP contribution in [-0.4, -0.2) is 24.7 Å². The van der Waals surface area contributed by atoms with E-state index in [1.54, 1.807) is 24.3 Å². The van der Waals surface area contributed by atoms with Crippen LogP contribution in [0.4, 0.5) is 5.69 Å². The minimum Gasteiger partial charge on any atom is -0.322 e. The first-order valence-corrected chi connectivity index (χ1v) is 11.3. The van der Waals surface area contributed by atoms with E-state index in [1.165, 1.54) is 28.6 Å². The number of halogens is 1. The minimum absolute atomic E-state index is 0.148. The SMILES string of the molecule is CC(C)N(Cc1ccccc1)S(=O)(=O)c1ccc(C(=O)Nc2ccc(Cl)cc2)cc1. The first-order valence-electron chi connectivity index (χ1n) is 9.50. The average molecular weight is 443 g/mol. The fourth-order valence-electron chi connectivity index (χ4n) is 2.96. The van der Waals surface area contributed by atoms with Crippen molar-refractivity contribution in [3.63, 3.8) is 0 Å². The Balaban J connectivity index is 1.78. The van der Waals surface area contributed by atoms with Crippen molar-refractivity contribution in [2.24, 2.45) is 0 Å². The molecule has 0 radical (unpaired) electrons. The largest absolute Gasteiger partial charge is 0.322 e. The van der Waals surface area contributed by atoms with Crippen LogP contribution in [0.15, 0.2) is 83.8 Å². The highest BCUT2D eigenvalue weighted by molar-refractivity contribution is 7.89. The highest BCUT2D eigenvalue weighted by atomic mass is 35.5. The second-order valence-corrected chi connectivity index (χ2v) is 9.44. The molecule has 3 rings (SSSR count). The van der Waals surface area contributed by atoms with E-state index in [4.69, 9.17) is 11.6 Å². The molecular formula is C23H23ClN2O3S. The van der Waals surface area contributed by atoms with Gasteiger partial charge in [0.05, 0.1) is 4.90 Å². The van der Waals surface area contributed by atoms with Crippen LogP contribution < -0.4 is 5.32 Å². The van der Waals surface area contributed by atoms with Gasteiger partial charge in [0.25, 0.3) is 5.91 Å². The number of carbonyl (C=O) groups is 1. The van der Waals surface area contributed by atoms with Crippen LogP contribution in [0.5, 0.6) is 0 Å². The van der Waals surface area contributed by atoms with E-state index in [-0.39, 0.29) is 23.4 Å². The number of benzene rings is 3. The van der Waals surface area contributed by atoms with Crippen molar-refractivity contribution < 1.29 is 13.2 Å². The highest BCUT2D eigenvalue weighted by Gasteiger charge is 2.27. The first kappa shape index (κ1) is 22.0. The average Bonchev–Trinajstić information content (AvgIpc) is 2.74. The third-order valence-corrected chi connectivity index (χ3v) is 6.87. The van der Waals surface area contributed by atoms with Crippen LogP contribution in [0.3, 0.4) is 0 Å². The zero-order chi connectivity index (χ0) is 21.7. The molecule has 0 aliphatic heterocycles. The molecule has 3 aromatic rings. The number of sulfonamides is 1. The first-order chi connectivity index (χ1) is 14.3. The number of hydrogen-bond acceptors (Lipinski definition) is 3. The summed E-state index contributed by atoms with van der Waals surface area (Å²) in [4.78, 5) is 12.6. The molecule has 0 heterocycles. The Hall–Kier alpha value is -2.67. The van der Waals surface area contributed by atoms with Gasteiger partial charge in [-0.15, -0.1) is 0 Å². The van der Waals surface area contributed by atoms with Gasteiger partial charge in [-0.25, -0.2) is 8.42 Å². The molecule has 1 amide bonds. The quantitative estimate of drug-likeness (QED) is 0.547. The van der Waals surface area contributed by atoms with Gasteiger partial charge in [0, 0.05) is 28.9 Å². The van der Waals surface area contributed by atoms with E-state index < -0.39 is 10.0 Å². The second kappa shape index (κ2) is 9.43. The molecular weight excluding hydrogens is 420 g/mol. The van der Waals surface area contributed by atoms with Gasteiger partial charge in [0.2, 0.25) is 10.0 Å². The summed E-state index contributed by atoms with van der Waals surface area (Å²) >= 11 is 5.85. The Morgan fingerprint density at radius 3 is 2.10 bits per heavy atom. The molecule has 30 heavy (non-hydrogen) atoms. The molecule has 0 aromatic heterocycles. The van der Waals surface area contributed by atoms with Crippen LogP contribution >= 0.6 is 11.6 Å². The minimum atomic E-state index is -3.72. The fourth-order valence-corrected chi connectivity index (χ4v) is 4.71. The summed E-state index contributed by atoms with van der Waals surface area (Å²) in [7, 11) is -3.72. The molecule has 1 N–H and O–H groups in total. The van der Waals surface area contributed by atoms with E-state index in [1.807, 2.05) is 44.2 Å². The Labute approximate surface area is 182 Å². The van der Waals surface area contributed by atoms with Gasteiger partial charge in [-0.3, -0.25) is 4.79 Å². The number of hydrogen-bond donors (Lipinski definition) is 1. The number of nitrogens with one attached hydrogen (secondary N) is 1. The van der Waals surface area contributed by atoms with Crippen LogP contribution in [0.1, 0.15) is 29.8 Å². The molecule has 3 aromatic carbocycles. The van der Waals surface area contributed by atoms with Crippen LogP contribution in [0.25, 0.3) is 0 Å². The molecule has 5 nitrogen and oxygen atoms in total. The van der Waals surface area contributed by atoms with Crippen molar-refractivity contribution in [2.75, 3.05) is 5.32 Å². The van der Waals surface area contributed by atoms with E-state index in [9.17, 15) is 13.2 Å². The highest BCUT2D eigenvalue weighted by Crippen LogP contribution is 2.22. The third kappa shape index (κ3) is 5.27. The molecule has 0 aliphatic rings. The zero-order valence-electron chi connectivity index (χ0n) is 16.7. The summed E-state index contributed by atoms with van der Waals surface area (Å²) in [5.41, 5.74) is 1.88. The lowest BCUT2D eigenvalue weighted by Crippen LogP contribution is -2.36. The number of amides is 1. The van der Waals surface area contributed by atoms with E-state index in [2.05, 4.69) is 5.32 Å². The van der Waals surface area contributed by atoms with Gasteiger partial charge >= 0.3 is 0 Å². The molecule has 0 fully saturated rings. The standard InChI is InChI=1S/C23H23ClN2O3S/c1-17(2)26(16-18-6-4-3-5-7-18)30(28,29)22-14-8-19(9-15-22)23(27)25-21-12-10-20(24)11-13-21/h3-15,17H,16H2,1-2H3,(H,25,27). The smallest absolute Gasteiger partial charge is 0.255 e. The number of nitrogens with zero attached hydrogens (tertiary/aromatic N) is 1. The molecule has 0 unspecified atom stereocenters. The molecule has 0 aliphatic carbocycles. The molecule has 0 spiro atoms. The molecule has 0 bridgehead atoms. The molecule has 156 valence electrons. The Morgan fingerprint density at radius 2 is 1.53 bits per heavy atom. The van der Waals surface area contributed by atoms with E-state index in [0.29, 0.717) is 16.3 Å². The predicted octanol–water partition coefficient (Wildman–Crippen LogP) is 5.19. The third-order valence-electron chi connectivity index (χ3n) is 4.58. The summed E-state index contributed by atoms with van der Waals surface area (Å²) in [6.07, 6.45) is 0. The summed E-state index contributed by atoms with van der Waals surface area (Å²) in [6.45, 7) is 3.96. The second-order valence-electron chi connectivity index (χ2n) is 7.12. The lowest BCUT2D eigenvalue weighted by molar-refractivity contribution is 0.102. The lowest BCUT2D eigenvalue weighted by Gasteiger charge is -2.26. The summed E-state index contributed by atoms with van der Waals surface area (Å²) in [5.74, 6) is -0.328. The van der Waals surface area contributed by atoms with Gasteiger partial charge < -0.3 is 5.32 Å². The number of carbonyl (C=O) groups excluding carboxylic acids is 1. The maximum Gasteiger partial charge on any atom is 0.255 e. The lowest BCUT2D eigenvalue weighted by atomic mass is 10.2. The molecule has 7 heteroatoms. The Morgan fingerprint density at radius 1 is 0.933 bits per heavy atom. The topological polar surface area (TPSA) is 66.5 Å². The van der Waals surface area contributed by atoms with Crippen LogP contribution in [0.2, 0.25) is 5.02 Å². The van der Waals surface area contributed by atoms with Crippen molar-refractivity contribution >= 4 is 33.2 Å². The molecule has 0 atom stereocenters. The van der Waals surface area contributed by atoms with Gasteiger partial charge in [0.15, 0.2) is 0 Å². The Kier molecular flexibility index (Phi) is 6.92. The summed E-state index contributed by atoms with van der Waals surface area (Å²) < 4.78 is 27.8. The van der Waals surface area contributed by atoms with Gasteiger partial charge in [-0.2, -0.15) is 4.31 Å². The Bertz CT molecular complexity index is 1100. The maximum absolute atomic E-state index is 13.2. The monoisotopic (exact) mass is 442 g/mol. The van der Waals surface area contributed by atoms with Crippen molar-refractivity contribution in [3.05, 3.63) is 95.0 Å². The van der Waals surface area contributed by atoms with Crippen molar-refractivity contribution in [2.45, 2.75) is 31.3 Å². The van der Waals surface area contributed by atoms with Crippen LogP contribution in [0, 0.1) is 0 Å². The van der Waals surface area contributed by atoms with Gasteiger partial charge in [0.1, 0.15) is 0 Å². The van der Waals surface area contributed by atoms with Crippen molar-refractivity contribution in [1.82, 2.24) is 4.31 Å². The summed E-state index contributed by atoms with van der Waals surface area (Å²) in [5, 5.41) is 3.34. The van der Waals surface area contributed by atoms with Crippen molar-refractivity contribution in [3.8, 4) is 0 Å². The maximum atomic E-state index is 13.2. The zero-order valence-corrected chi connectivity index (χ0v) is 18.3. The predicted molar refractivity (Wildman–Crippen MR) is 120 cm³/mol. The molecule has 0 saturated carbocycles. The fraction of sp³-hybridized carbons (Fsp3) is 0.174. The van der Waals surface area contributed by atoms with Gasteiger partial charge in [-0.1, -0.05) is 41.9 Å². The number of rotatable bonds is 7. The van der Waals surface area contributed by atoms with E-state index >= 15 is 0 Å².